The number of aromatic nitrogens is 2. The Hall–Kier alpha value is -3.66. The lowest BCUT2D eigenvalue weighted by Gasteiger charge is -2.39. The third kappa shape index (κ3) is 7.10. The van der Waals surface area contributed by atoms with Crippen molar-refractivity contribution < 1.29 is 14.6 Å². The summed E-state index contributed by atoms with van der Waals surface area (Å²) in [6.45, 7) is 5.37. The topological polar surface area (TPSA) is 95.6 Å². The predicted octanol–water partition coefficient (Wildman–Crippen LogP) is 4.75. The quantitative estimate of drug-likeness (QED) is 0.359. The van der Waals surface area contributed by atoms with Gasteiger partial charge >= 0.3 is 0 Å². The van der Waals surface area contributed by atoms with Crippen molar-refractivity contribution in [2.24, 2.45) is 0 Å². The predicted molar refractivity (Wildman–Crippen MR) is 154 cm³/mol. The fraction of sp³-hybridized carbons (Fsp3) is 0.438. The van der Waals surface area contributed by atoms with Gasteiger partial charge in [0, 0.05) is 56.3 Å². The lowest BCUT2D eigenvalue weighted by molar-refractivity contribution is -0.188. The van der Waals surface area contributed by atoms with Crippen LogP contribution >= 0.6 is 0 Å². The average molecular weight is 540 g/mol. The number of rotatable bonds is 10. The number of nitrogens with zero attached hydrogens (tertiary/aromatic N) is 4. The van der Waals surface area contributed by atoms with E-state index in [4.69, 9.17) is 14.7 Å². The first kappa shape index (κ1) is 27.9. The van der Waals surface area contributed by atoms with E-state index in [0.29, 0.717) is 12.5 Å². The van der Waals surface area contributed by atoms with E-state index in [1.165, 1.54) is 0 Å². The van der Waals surface area contributed by atoms with Gasteiger partial charge in [0.25, 0.3) is 0 Å². The van der Waals surface area contributed by atoms with E-state index in [1.54, 1.807) is 6.20 Å². The van der Waals surface area contributed by atoms with Crippen LogP contribution in [0.3, 0.4) is 0 Å². The molecule has 3 aromatic rings. The molecule has 40 heavy (non-hydrogen) atoms. The first-order chi connectivity index (χ1) is 19.6. The zero-order chi connectivity index (χ0) is 27.7. The van der Waals surface area contributed by atoms with Crippen LogP contribution in [0, 0.1) is 23.2 Å². The zero-order valence-corrected chi connectivity index (χ0v) is 23.0. The molecule has 2 N–H and O–H groups in total. The summed E-state index contributed by atoms with van der Waals surface area (Å²) in [5.41, 5.74) is 4.25. The molecule has 3 atom stereocenters. The highest BCUT2D eigenvalue weighted by atomic mass is 16.7. The van der Waals surface area contributed by atoms with Crippen molar-refractivity contribution in [3.8, 4) is 29.0 Å². The van der Waals surface area contributed by atoms with Gasteiger partial charge in [0.05, 0.1) is 18.7 Å². The van der Waals surface area contributed by atoms with E-state index in [-0.39, 0.29) is 19.0 Å². The molecule has 208 valence electrons. The Morgan fingerprint density at radius 1 is 1.12 bits per heavy atom. The second kappa shape index (κ2) is 13.6. The largest absolute Gasteiger partial charge is 0.393 e. The highest BCUT2D eigenvalue weighted by Gasteiger charge is 2.26. The Balaban J connectivity index is 1.17. The van der Waals surface area contributed by atoms with Gasteiger partial charge in [-0.05, 0) is 61.6 Å². The Morgan fingerprint density at radius 2 is 1.88 bits per heavy atom. The van der Waals surface area contributed by atoms with Gasteiger partial charge in [-0.2, -0.15) is 5.26 Å². The summed E-state index contributed by atoms with van der Waals surface area (Å²) in [5, 5.41) is 22.4. The van der Waals surface area contributed by atoms with Crippen LogP contribution in [0.1, 0.15) is 56.1 Å². The first-order valence-corrected chi connectivity index (χ1v) is 14.1. The molecule has 0 aliphatic carbocycles. The van der Waals surface area contributed by atoms with Crippen LogP contribution < -0.4 is 5.32 Å². The van der Waals surface area contributed by atoms with E-state index < -0.39 is 6.04 Å². The van der Waals surface area contributed by atoms with Crippen LogP contribution in [0.5, 0.6) is 0 Å². The van der Waals surface area contributed by atoms with Crippen LogP contribution in [0.4, 0.5) is 5.69 Å². The summed E-state index contributed by atoms with van der Waals surface area (Å²) in [6, 6.07) is 18.8. The molecule has 0 saturated carbocycles. The summed E-state index contributed by atoms with van der Waals surface area (Å²) in [5.74, 6) is 7.15. The Morgan fingerprint density at radius 3 is 2.55 bits per heavy atom. The second-order valence-corrected chi connectivity index (χ2v) is 10.4. The van der Waals surface area contributed by atoms with Crippen LogP contribution in [-0.2, 0) is 9.47 Å². The number of likely N-dealkylation sites (tertiary alicyclic amines) is 1. The van der Waals surface area contributed by atoms with Crippen molar-refractivity contribution >= 4 is 5.69 Å². The minimum atomic E-state index is -0.426. The van der Waals surface area contributed by atoms with E-state index in [9.17, 15) is 5.11 Å². The number of nitriles is 1. The maximum Gasteiger partial charge on any atom is 0.158 e. The van der Waals surface area contributed by atoms with Crippen molar-refractivity contribution in [3.05, 3.63) is 72.3 Å². The highest BCUT2D eigenvalue weighted by Crippen LogP contribution is 2.25. The SMILES string of the molecule is C[C@H](OC1CCCCO1)c1nccn1[C@@H](C#Cc1ccc(-c2ccc(NC3CN(CCC#N)C3)cc2)cc1)CO. The molecule has 2 fully saturated rings. The van der Waals surface area contributed by atoms with Crippen LogP contribution in [0.15, 0.2) is 60.9 Å². The molecule has 2 aromatic carbocycles. The molecule has 1 aromatic heterocycles. The number of ether oxygens (including phenoxy) is 2. The number of hydrogen-bond acceptors (Lipinski definition) is 7. The maximum absolute atomic E-state index is 10.1. The fourth-order valence-corrected chi connectivity index (χ4v) is 5.17. The fourth-order valence-electron chi connectivity index (χ4n) is 5.17. The summed E-state index contributed by atoms with van der Waals surface area (Å²) < 4.78 is 13.7. The number of nitrogens with one attached hydrogen (secondary N) is 1. The molecule has 1 unspecified atom stereocenters. The summed E-state index contributed by atoms with van der Waals surface area (Å²) in [6.07, 6.45) is 6.71. The van der Waals surface area contributed by atoms with E-state index in [1.807, 2.05) is 29.8 Å². The van der Waals surface area contributed by atoms with E-state index in [2.05, 4.69) is 69.5 Å². The Labute approximate surface area is 236 Å². The monoisotopic (exact) mass is 539 g/mol. The van der Waals surface area contributed by atoms with Gasteiger partial charge in [-0.1, -0.05) is 36.1 Å². The Kier molecular flexibility index (Phi) is 9.49. The van der Waals surface area contributed by atoms with Gasteiger partial charge in [-0.25, -0.2) is 4.98 Å². The van der Waals surface area contributed by atoms with Gasteiger partial charge in [-0.15, -0.1) is 0 Å². The van der Waals surface area contributed by atoms with Crippen LogP contribution in [-0.4, -0.2) is 64.7 Å². The standard InChI is InChI=1S/C32H37N5O3/c1-24(40-31-5-2-3-20-39-31)32-34-17-19-37(32)30(23-38)15-8-25-6-9-26(10-7-25)27-11-13-28(14-12-27)35-29-21-36(22-29)18-4-16-33/h6-7,9-14,17,19,24,29-31,35,38H,2-5,18,20-23H2,1H3/t24-,30-,31?/m0/s1. The molecule has 2 aliphatic rings. The van der Waals surface area contributed by atoms with Crippen LogP contribution in [0.2, 0.25) is 0 Å². The molecule has 0 spiro atoms. The molecule has 2 saturated heterocycles. The van der Waals surface area contributed by atoms with Crippen molar-refractivity contribution in [3.63, 3.8) is 0 Å². The molecule has 8 nitrogen and oxygen atoms in total. The first-order valence-electron chi connectivity index (χ1n) is 14.1. The van der Waals surface area contributed by atoms with Gasteiger partial charge < -0.3 is 24.5 Å². The van der Waals surface area contributed by atoms with E-state index >= 15 is 0 Å². The van der Waals surface area contributed by atoms with E-state index in [0.717, 1.165) is 73.7 Å². The third-order valence-corrected chi connectivity index (χ3v) is 7.42. The van der Waals surface area contributed by atoms with Crippen molar-refractivity contribution in [1.29, 1.82) is 5.26 Å². The Bertz CT molecular complexity index is 1320. The number of benzene rings is 2. The molecule has 0 radical (unpaired) electrons. The van der Waals surface area contributed by atoms with Crippen LogP contribution in [0.25, 0.3) is 11.1 Å². The number of aliphatic hydroxyl groups excluding tert-OH is 1. The summed E-state index contributed by atoms with van der Waals surface area (Å²) in [7, 11) is 0. The minimum Gasteiger partial charge on any atom is -0.393 e. The maximum atomic E-state index is 10.1. The molecular weight excluding hydrogens is 502 g/mol. The second-order valence-electron chi connectivity index (χ2n) is 10.4. The molecule has 0 amide bonds. The highest BCUT2D eigenvalue weighted by molar-refractivity contribution is 5.67. The number of aliphatic hydroxyl groups is 1. The molecule has 5 rings (SSSR count). The van der Waals surface area contributed by atoms with Gasteiger partial charge in [0.1, 0.15) is 18.0 Å². The normalized spacial score (nSPS) is 19.1. The van der Waals surface area contributed by atoms with Crippen molar-refractivity contribution in [2.75, 3.05) is 38.2 Å². The van der Waals surface area contributed by atoms with Crippen molar-refractivity contribution in [2.45, 2.75) is 57.1 Å². The lowest BCUT2D eigenvalue weighted by Crippen LogP contribution is -2.54. The van der Waals surface area contributed by atoms with Gasteiger partial charge in [-0.3, -0.25) is 4.90 Å². The minimum absolute atomic E-state index is 0.125. The molecule has 3 heterocycles. The van der Waals surface area contributed by atoms with Gasteiger partial charge in [0.15, 0.2) is 6.29 Å². The molecule has 8 heteroatoms. The number of hydrogen-bond donors (Lipinski definition) is 2. The van der Waals surface area contributed by atoms with Gasteiger partial charge in [0.2, 0.25) is 0 Å². The van der Waals surface area contributed by atoms with Crippen molar-refractivity contribution in [1.82, 2.24) is 14.5 Å². The average Bonchev–Trinajstić information content (AvgIpc) is 3.46. The number of imidazole rings is 1. The zero-order valence-electron chi connectivity index (χ0n) is 23.0. The summed E-state index contributed by atoms with van der Waals surface area (Å²) >= 11 is 0. The molecule has 2 aliphatic heterocycles. The number of anilines is 1. The lowest BCUT2D eigenvalue weighted by atomic mass is 10.0. The molecule has 0 bridgehead atoms. The smallest absolute Gasteiger partial charge is 0.158 e. The molecular formula is C32H37N5O3. The third-order valence-electron chi connectivity index (χ3n) is 7.42. The summed E-state index contributed by atoms with van der Waals surface area (Å²) in [4.78, 5) is 6.77.